The van der Waals surface area contributed by atoms with E-state index in [0.29, 0.717) is 5.56 Å². The molecule has 0 saturated heterocycles. The van der Waals surface area contributed by atoms with Crippen LogP contribution in [0.2, 0.25) is 0 Å². The molecule has 1 atom stereocenters. The van der Waals surface area contributed by atoms with Crippen LogP contribution in [0.1, 0.15) is 10.4 Å². The maximum absolute atomic E-state index is 11.3. The minimum absolute atomic E-state index is 0.159. The lowest BCUT2D eigenvalue weighted by atomic mass is 10.2. The van der Waals surface area contributed by atoms with E-state index in [1.54, 1.807) is 0 Å². The smallest absolute Gasteiger partial charge is 0.252 e. The van der Waals surface area contributed by atoms with Gasteiger partial charge in [-0.05, 0) is 24.3 Å². The maximum atomic E-state index is 11.3. The summed E-state index contributed by atoms with van der Waals surface area (Å²) in [5, 5.41) is 2.48. The van der Waals surface area contributed by atoms with Crippen molar-refractivity contribution in [2.75, 3.05) is 6.54 Å². The fraction of sp³-hybridized carbons (Fsp3) is 0.100. The number of rotatable bonds is 3. The Morgan fingerprint density at radius 3 is 2.53 bits per heavy atom. The van der Waals surface area contributed by atoms with Gasteiger partial charge in [-0.3, -0.25) is 4.79 Å². The minimum Gasteiger partial charge on any atom is -0.341 e. The van der Waals surface area contributed by atoms with E-state index in [-0.39, 0.29) is 17.3 Å². The molecule has 15 heavy (non-hydrogen) atoms. The molecule has 5 heteroatoms. The van der Waals surface area contributed by atoms with E-state index < -0.39 is 11.1 Å². The molecule has 0 aromatic heterocycles. The second kappa shape index (κ2) is 5.29. The van der Waals surface area contributed by atoms with Crippen LogP contribution < -0.4 is 5.32 Å². The Hall–Kier alpha value is -1.64. The molecule has 1 unspecified atom stereocenters. The van der Waals surface area contributed by atoms with Gasteiger partial charge in [0.1, 0.15) is 0 Å². The summed E-state index contributed by atoms with van der Waals surface area (Å²) in [6.07, 6.45) is 4.98. The molecule has 1 amide bonds. The van der Waals surface area contributed by atoms with Crippen molar-refractivity contribution in [3.8, 4) is 12.3 Å². The monoisotopic (exact) mass is 223 g/mol. The van der Waals surface area contributed by atoms with E-state index in [9.17, 15) is 9.00 Å². The zero-order chi connectivity index (χ0) is 11.3. The molecule has 0 fully saturated rings. The number of hydrogen-bond acceptors (Lipinski definition) is 2. The summed E-state index contributed by atoms with van der Waals surface area (Å²) >= 11 is -2.02. The van der Waals surface area contributed by atoms with E-state index in [1.165, 1.54) is 24.3 Å². The van der Waals surface area contributed by atoms with Gasteiger partial charge in [-0.15, -0.1) is 6.42 Å². The molecule has 1 aromatic carbocycles. The van der Waals surface area contributed by atoms with Gasteiger partial charge >= 0.3 is 0 Å². The number of nitrogens with one attached hydrogen (secondary N) is 1. The summed E-state index contributed by atoms with van der Waals surface area (Å²) in [7, 11) is 0. The Labute approximate surface area is 90.0 Å². The van der Waals surface area contributed by atoms with Gasteiger partial charge < -0.3 is 9.87 Å². The summed E-state index contributed by atoms with van der Waals surface area (Å²) in [4.78, 5) is 11.6. The van der Waals surface area contributed by atoms with E-state index >= 15 is 0 Å². The van der Waals surface area contributed by atoms with Gasteiger partial charge in [-0.2, -0.15) is 0 Å². The van der Waals surface area contributed by atoms with Crippen molar-refractivity contribution in [2.45, 2.75) is 4.90 Å². The Morgan fingerprint density at radius 1 is 1.47 bits per heavy atom. The van der Waals surface area contributed by atoms with Gasteiger partial charge in [-0.1, -0.05) is 5.92 Å². The fourth-order valence-electron chi connectivity index (χ4n) is 0.956. The van der Waals surface area contributed by atoms with Crippen LogP contribution in [0.3, 0.4) is 0 Å². The normalized spacial score (nSPS) is 11.5. The van der Waals surface area contributed by atoms with Crippen LogP contribution in [0.15, 0.2) is 29.2 Å². The Bertz CT molecular complexity index is 419. The number of benzene rings is 1. The highest BCUT2D eigenvalue weighted by Gasteiger charge is 2.05. The molecule has 78 valence electrons. The third kappa shape index (κ3) is 3.20. The standard InChI is InChI=1S/C10H9NO3S/c1-2-7-11-10(12)8-3-5-9(6-4-8)15(13)14/h1,3-6H,7H2,(H,11,12)(H,13,14). The molecular weight excluding hydrogens is 214 g/mol. The molecular formula is C10H9NO3S. The fourth-order valence-corrected chi connectivity index (χ4v) is 1.33. The first-order valence-electron chi connectivity index (χ1n) is 4.07. The van der Waals surface area contributed by atoms with E-state index in [2.05, 4.69) is 11.2 Å². The molecule has 1 aromatic rings. The van der Waals surface area contributed by atoms with Crippen LogP contribution in [-0.2, 0) is 11.1 Å². The molecule has 4 nitrogen and oxygen atoms in total. The minimum atomic E-state index is -2.02. The van der Waals surface area contributed by atoms with Crippen molar-refractivity contribution in [1.82, 2.24) is 5.32 Å². The third-order valence-corrected chi connectivity index (χ3v) is 2.34. The third-order valence-electron chi connectivity index (χ3n) is 1.67. The van der Waals surface area contributed by atoms with Gasteiger partial charge in [0.2, 0.25) is 0 Å². The first-order chi connectivity index (χ1) is 7.15. The quantitative estimate of drug-likeness (QED) is 0.583. The molecule has 0 saturated carbocycles. The highest BCUT2D eigenvalue weighted by atomic mass is 32.2. The molecule has 0 aliphatic rings. The average Bonchev–Trinajstić information content (AvgIpc) is 2.26. The van der Waals surface area contributed by atoms with Crippen LogP contribution in [0.4, 0.5) is 0 Å². The molecule has 0 aliphatic heterocycles. The predicted octanol–water partition coefficient (Wildman–Crippen LogP) is 0.630. The van der Waals surface area contributed by atoms with E-state index in [0.717, 1.165) is 0 Å². The number of amides is 1. The molecule has 0 heterocycles. The maximum Gasteiger partial charge on any atom is 0.252 e. The lowest BCUT2D eigenvalue weighted by molar-refractivity contribution is 0.0958. The molecule has 0 aliphatic carbocycles. The zero-order valence-corrected chi connectivity index (χ0v) is 8.58. The Kier molecular flexibility index (Phi) is 4.03. The lowest BCUT2D eigenvalue weighted by Crippen LogP contribution is -2.23. The summed E-state index contributed by atoms with van der Waals surface area (Å²) < 4.78 is 19.4. The topological polar surface area (TPSA) is 66.4 Å². The summed E-state index contributed by atoms with van der Waals surface area (Å²) in [5.74, 6) is 1.97. The van der Waals surface area contributed by atoms with Crippen molar-refractivity contribution < 1.29 is 13.6 Å². The second-order valence-electron chi connectivity index (χ2n) is 2.66. The molecule has 0 bridgehead atoms. The summed E-state index contributed by atoms with van der Waals surface area (Å²) in [6, 6.07) is 5.77. The number of hydrogen-bond donors (Lipinski definition) is 2. The first kappa shape index (κ1) is 11.4. The molecule has 1 rings (SSSR count). The van der Waals surface area contributed by atoms with E-state index in [1.807, 2.05) is 0 Å². The van der Waals surface area contributed by atoms with Gasteiger partial charge in [0.05, 0.1) is 11.4 Å². The van der Waals surface area contributed by atoms with Crippen molar-refractivity contribution in [1.29, 1.82) is 0 Å². The molecule has 0 spiro atoms. The van der Waals surface area contributed by atoms with Gasteiger partial charge in [0, 0.05) is 5.56 Å². The Balaban J connectivity index is 2.76. The zero-order valence-electron chi connectivity index (χ0n) is 7.77. The van der Waals surface area contributed by atoms with Crippen LogP contribution in [-0.4, -0.2) is 21.2 Å². The largest absolute Gasteiger partial charge is 0.341 e. The van der Waals surface area contributed by atoms with Gasteiger partial charge in [0.25, 0.3) is 5.91 Å². The van der Waals surface area contributed by atoms with Crippen LogP contribution >= 0.6 is 0 Å². The first-order valence-corrected chi connectivity index (χ1v) is 5.18. The van der Waals surface area contributed by atoms with Crippen LogP contribution in [0, 0.1) is 12.3 Å². The molecule has 2 N–H and O–H groups in total. The number of terminal acetylenes is 1. The van der Waals surface area contributed by atoms with Crippen LogP contribution in [0.25, 0.3) is 0 Å². The molecule has 0 radical (unpaired) electrons. The van der Waals surface area contributed by atoms with Crippen molar-refractivity contribution >= 4 is 17.0 Å². The highest BCUT2D eigenvalue weighted by Crippen LogP contribution is 2.07. The van der Waals surface area contributed by atoms with Crippen LogP contribution in [0.5, 0.6) is 0 Å². The summed E-state index contributed by atoms with van der Waals surface area (Å²) in [6.45, 7) is 0.159. The van der Waals surface area contributed by atoms with E-state index in [4.69, 9.17) is 11.0 Å². The van der Waals surface area contributed by atoms with Crippen molar-refractivity contribution in [3.63, 3.8) is 0 Å². The number of carbonyl (C=O) groups excluding carboxylic acids is 1. The SMILES string of the molecule is C#CCNC(=O)c1ccc(S(=O)O)cc1. The Morgan fingerprint density at radius 2 is 2.07 bits per heavy atom. The van der Waals surface area contributed by atoms with Gasteiger partial charge in [0.15, 0.2) is 11.1 Å². The average molecular weight is 223 g/mol. The lowest BCUT2D eigenvalue weighted by Gasteiger charge is -2.01. The van der Waals surface area contributed by atoms with Crippen molar-refractivity contribution in [3.05, 3.63) is 29.8 Å². The van der Waals surface area contributed by atoms with Crippen molar-refractivity contribution in [2.24, 2.45) is 0 Å². The summed E-state index contributed by atoms with van der Waals surface area (Å²) in [5.41, 5.74) is 0.402. The second-order valence-corrected chi connectivity index (χ2v) is 3.63. The predicted molar refractivity (Wildman–Crippen MR) is 56.6 cm³/mol. The number of carbonyl (C=O) groups is 1. The van der Waals surface area contributed by atoms with Gasteiger partial charge in [-0.25, -0.2) is 4.21 Å². The highest BCUT2D eigenvalue weighted by molar-refractivity contribution is 7.79.